The lowest BCUT2D eigenvalue weighted by Gasteiger charge is -2.31. The molecule has 0 aliphatic heterocycles. The Hall–Kier alpha value is -1.71. The highest BCUT2D eigenvalue weighted by Gasteiger charge is 2.22. The van der Waals surface area contributed by atoms with Gasteiger partial charge in [-0.3, -0.25) is 15.0 Å². The van der Waals surface area contributed by atoms with Gasteiger partial charge in [-0.2, -0.15) is 0 Å². The first kappa shape index (κ1) is 22.3. The zero-order chi connectivity index (χ0) is 19.9. The molecule has 1 rings (SSSR count). The van der Waals surface area contributed by atoms with Gasteiger partial charge in [0.1, 0.15) is 5.69 Å². The summed E-state index contributed by atoms with van der Waals surface area (Å²) in [4.78, 5) is 13.0. The molecule has 1 atom stereocenters. The van der Waals surface area contributed by atoms with E-state index in [0.717, 1.165) is 25.6 Å². The fraction of sp³-hybridized carbons (Fsp3) is 0.647. The van der Waals surface area contributed by atoms with Crippen molar-refractivity contribution in [3.05, 3.63) is 28.3 Å². The number of rotatable bonds is 11. The first-order chi connectivity index (χ1) is 12.2. The van der Waals surface area contributed by atoms with Crippen LogP contribution in [0.25, 0.3) is 0 Å². The van der Waals surface area contributed by atoms with Gasteiger partial charge in [0.25, 0.3) is 5.69 Å². The van der Waals surface area contributed by atoms with Crippen molar-refractivity contribution in [3.63, 3.8) is 0 Å². The van der Waals surface area contributed by atoms with Crippen molar-refractivity contribution in [2.24, 2.45) is 5.92 Å². The summed E-state index contributed by atoms with van der Waals surface area (Å²) in [6.07, 6.45) is 0.967. The Bertz CT molecular complexity index is 703. The van der Waals surface area contributed by atoms with Crippen LogP contribution in [0.5, 0.6) is 0 Å². The van der Waals surface area contributed by atoms with Crippen molar-refractivity contribution in [1.82, 2.24) is 9.62 Å². The third-order valence-corrected chi connectivity index (χ3v) is 5.76. The van der Waals surface area contributed by atoms with E-state index in [1.807, 2.05) is 0 Å². The fourth-order valence-electron chi connectivity index (χ4n) is 2.97. The monoisotopic (exact) mass is 386 g/mol. The third kappa shape index (κ3) is 5.93. The van der Waals surface area contributed by atoms with E-state index < -0.39 is 14.9 Å². The Balaban J connectivity index is 3.09. The number of hydrogen-bond donors (Lipinski definition) is 2. The van der Waals surface area contributed by atoms with Crippen LogP contribution in [0.2, 0.25) is 0 Å². The summed E-state index contributed by atoms with van der Waals surface area (Å²) in [5.74, 6) is 0.500. The van der Waals surface area contributed by atoms with Gasteiger partial charge in [-0.05, 0) is 44.6 Å². The van der Waals surface area contributed by atoms with Gasteiger partial charge in [-0.1, -0.05) is 27.7 Å². The molecule has 8 nitrogen and oxygen atoms in total. The third-order valence-electron chi connectivity index (χ3n) is 4.35. The van der Waals surface area contributed by atoms with E-state index in [0.29, 0.717) is 18.2 Å². The minimum absolute atomic E-state index is 0.125. The van der Waals surface area contributed by atoms with E-state index >= 15 is 0 Å². The molecule has 1 aromatic rings. The maximum atomic E-state index is 11.9. The Morgan fingerprint density at radius 1 is 1.23 bits per heavy atom. The van der Waals surface area contributed by atoms with E-state index in [2.05, 4.69) is 42.6 Å². The van der Waals surface area contributed by atoms with Crippen molar-refractivity contribution >= 4 is 21.4 Å². The van der Waals surface area contributed by atoms with Crippen LogP contribution in [0, 0.1) is 16.0 Å². The van der Waals surface area contributed by atoms with Crippen LogP contribution in [0.15, 0.2) is 23.1 Å². The predicted molar refractivity (Wildman–Crippen MR) is 104 cm³/mol. The lowest BCUT2D eigenvalue weighted by molar-refractivity contribution is -0.384. The number of hydrogen-bond acceptors (Lipinski definition) is 6. The molecule has 0 aliphatic rings. The average Bonchev–Trinajstić information content (AvgIpc) is 2.59. The molecule has 0 aliphatic carbocycles. The molecule has 0 amide bonds. The second-order valence-electron chi connectivity index (χ2n) is 6.53. The van der Waals surface area contributed by atoms with Crippen molar-refractivity contribution in [2.45, 2.75) is 45.1 Å². The number of nitrogens with zero attached hydrogens (tertiary/aromatic N) is 2. The van der Waals surface area contributed by atoms with E-state index in [-0.39, 0.29) is 16.6 Å². The number of nitrogens with one attached hydrogen (secondary N) is 2. The Morgan fingerprint density at radius 3 is 2.31 bits per heavy atom. The molecule has 0 unspecified atom stereocenters. The smallest absolute Gasteiger partial charge is 0.293 e. The van der Waals surface area contributed by atoms with Crippen molar-refractivity contribution in [2.75, 3.05) is 32.0 Å². The molecule has 1 aromatic carbocycles. The number of benzene rings is 1. The maximum absolute atomic E-state index is 11.9. The van der Waals surface area contributed by atoms with Gasteiger partial charge >= 0.3 is 0 Å². The second kappa shape index (κ2) is 9.84. The first-order valence-corrected chi connectivity index (χ1v) is 10.3. The van der Waals surface area contributed by atoms with Gasteiger partial charge in [0.05, 0.1) is 9.82 Å². The lowest BCUT2D eigenvalue weighted by atomic mass is 10.0. The summed E-state index contributed by atoms with van der Waals surface area (Å²) in [6.45, 7) is 10.8. The number of likely N-dealkylation sites (N-methyl/N-ethyl adjacent to an activating group) is 1. The van der Waals surface area contributed by atoms with Crippen molar-refractivity contribution in [1.29, 1.82) is 0 Å². The lowest BCUT2D eigenvalue weighted by Crippen LogP contribution is -2.40. The summed E-state index contributed by atoms with van der Waals surface area (Å²) < 4.78 is 25.9. The van der Waals surface area contributed by atoms with Crippen LogP contribution in [-0.2, 0) is 10.0 Å². The van der Waals surface area contributed by atoms with E-state index in [1.54, 1.807) is 0 Å². The Kier molecular flexibility index (Phi) is 8.45. The van der Waals surface area contributed by atoms with Gasteiger partial charge in [0.2, 0.25) is 10.0 Å². The molecule has 148 valence electrons. The molecular formula is C17H30N4O4S. The van der Waals surface area contributed by atoms with Crippen LogP contribution in [0.4, 0.5) is 11.4 Å². The van der Waals surface area contributed by atoms with Gasteiger partial charge in [0, 0.05) is 18.7 Å². The van der Waals surface area contributed by atoms with E-state index in [9.17, 15) is 18.5 Å². The number of anilines is 1. The molecule has 0 heterocycles. The second-order valence-corrected chi connectivity index (χ2v) is 8.42. The van der Waals surface area contributed by atoms with Crippen LogP contribution in [0.3, 0.4) is 0 Å². The Morgan fingerprint density at radius 2 is 1.85 bits per heavy atom. The number of nitro benzene ring substituents is 1. The topological polar surface area (TPSA) is 105 Å². The SMILES string of the molecule is CCN(CC)[C@@H](CNc1ccc(S(=O)(=O)NC)cc1[N+](=O)[O-])CC(C)C. The summed E-state index contributed by atoms with van der Waals surface area (Å²) in [6, 6.07) is 4.15. The molecule has 0 bridgehead atoms. The summed E-state index contributed by atoms with van der Waals surface area (Å²) in [5.41, 5.74) is 0.0788. The van der Waals surface area contributed by atoms with Crippen molar-refractivity contribution < 1.29 is 13.3 Å². The van der Waals surface area contributed by atoms with Gasteiger partial charge in [0.15, 0.2) is 0 Å². The average molecular weight is 387 g/mol. The normalized spacial score (nSPS) is 13.2. The van der Waals surface area contributed by atoms with Crippen molar-refractivity contribution in [3.8, 4) is 0 Å². The zero-order valence-electron chi connectivity index (χ0n) is 16.2. The predicted octanol–water partition coefficient (Wildman–Crippen LogP) is 2.67. The van der Waals surface area contributed by atoms with E-state index in [1.165, 1.54) is 19.2 Å². The van der Waals surface area contributed by atoms with Gasteiger partial charge in [-0.25, -0.2) is 13.1 Å². The molecule has 2 N–H and O–H groups in total. The molecule has 0 saturated carbocycles. The molecule has 0 fully saturated rings. The Labute approximate surface area is 156 Å². The molecule has 0 saturated heterocycles. The van der Waals surface area contributed by atoms with Crippen LogP contribution < -0.4 is 10.0 Å². The first-order valence-electron chi connectivity index (χ1n) is 8.86. The molecular weight excluding hydrogens is 356 g/mol. The maximum Gasteiger partial charge on any atom is 0.293 e. The largest absolute Gasteiger partial charge is 0.378 e. The van der Waals surface area contributed by atoms with Crippen LogP contribution in [0.1, 0.15) is 34.1 Å². The highest BCUT2D eigenvalue weighted by Crippen LogP contribution is 2.28. The summed E-state index contributed by atoms with van der Waals surface area (Å²) >= 11 is 0. The molecule has 0 radical (unpaired) electrons. The van der Waals surface area contributed by atoms with E-state index in [4.69, 9.17) is 0 Å². The minimum Gasteiger partial charge on any atom is -0.378 e. The van der Waals surface area contributed by atoms with Gasteiger partial charge in [-0.15, -0.1) is 0 Å². The molecule has 26 heavy (non-hydrogen) atoms. The zero-order valence-corrected chi connectivity index (χ0v) is 17.0. The standard InChI is InChI=1S/C17H30N4O4S/c1-6-20(7-2)14(10-13(3)4)12-19-16-9-8-15(26(24,25)18-5)11-17(16)21(22)23/h8-9,11,13-14,18-19H,6-7,10,12H2,1-5H3/t14-/m1/s1. The number of nitro groups is 1. The van der Waals surface area contributed by atoms with Crippen LogP contribution in [-0.4, -0.2) is 51.0 Å². The fourth-order valence-corrected chi connectivity index (χ4v) is 3.72. The molecule has 9 heteroatoms. The highest BCUT2D eigenvalue weighted by molar-refractivity contribution is 7.89. The minimum atomic E-state index is -3.73. The van der Waals surface area contributed by atoms with Gasteiger partial charge < -0.3 is 5.32 Å². The summed E-state index contributed by atoms with van der Waals surface area (Å²) in [7, 11) is -2.46. The highest BCUT2D eigenvalue weighted by atomic mass is 32.2. The molecule has 0 aromatic heterocycles. The number of sulfonamides is 1. The summed E-state index contributed by atoms with van der Waals surface area (Å²) in [5, 5.41) is 14.5. The van der Waals surface area contributed by atoms with Crippen LogP contribution >= 0.6 is 0 Å². The quantitative estimate of drug-likeness (QED) is 0.447. The molecule has 0 spiro atoms.